The highest BCUT2D eigenvalue weighted by molar-refractivity contribution is 5.83. The van der Waals surface area contributed by atoms with Crippen molar-refractivity contribution in [2.75, 3.05) is 19.8 Å². The molecule has 2 aromatic rings. The number of benzene rings is 2. The molecule has 8 heteroatoms. The largest absolute Gasteiger partial charge is 0.481 e. The number of rotatable bonds is 9. The fourth-order valence-electron chi connectivity index (χ4n) is 4.77. The van der Waals surface area contributed by atoms with Crippen molar-refractivity contribution in [1.29, 1.82) is 0 Å². The average molecular weight is 467 g/mol. The summed E-state index contributed by atoms with van der Waals surface area (Å²) in [5.41, 5.74) is 4.54. The van der Waals surface area contributed by atoms with Crippen LogP contribution in [0.25, 0.3) is 11.1 Å². The maximum Gasteiger partial charge on any atom is 0.407 e. The van der Waals surface area contributed by atoms with Crippen molar-refractivity contribution in [2.24, 2.45) is 5.92 Å². The van der Waals surface area contributed by atoms with Crippen LogP contribution in [-0.4, -0.2) is 55.0 Å². The third-order valence-electron chi connectivity index (χ3n) is 6.51. The minimum absolute atomic E-state index is 0.0273. The van der Waals surface area contributed by atoms with E-state index in [2.05, 4.69) is 34.9 Å². The number of fused-ring (bicyclic) bond motifs is 3. The molecule has 2 aliphatic rings. The van der Waals surface area contributed by atoms with Crippen LogP contribution in [0.15, 0.2) is 48.5 Å². The second kappa shape index (κ2) is 10.7. The van der Waals surface area contributed by atoms with Crippen molar-refractivity contribution >= 4 is 18.0 Å². The first kappa shape index (κ1) is 23.8. The van der Waals surface area contributed by atoms with Gasteiger partial charge in [0.25, 0.3) is 5.91 Å². The Morgan fingerprint density at radius 1 is 1.09 bits per heavy atom. The molecule has 3 N–H and O–H groups in total. The lowest BCUT2D eigenvalue weighted by atomic mass is 9.98. The zero-order valence-corrected chi connectivity index (χ0v) is 19.2. The van der Waals surface area contributed by atoms with Gasteiger partial charge in [-0.2, -0.15) is 0 Å². The lowest BCUT2D eigenvalue weighted by molar-refractivity contribution is -0.142. The molecule has 2 aromatic carbocycles. The van der Waals surface area contributed by atoms with E-state index in [9.17, 15) is 19.5 Å². The first-order valence-corrected chi connectivity index (χ1v) is 11.7. The maximum absolute atomic E-state index is 12.6. The highest BCUT2D eigenvalue weighted by Crippen LogP contribution is 2.44. The summed E-state index contributed by atoms with van der Waals surface area (Å²) in [4.78, 5) is 36.5. The van der Waals surface area contributed by atoms with E-state index in [1.807, 2.05) is 31.2 Å². The molecule has 1 aliphatic heterocycles. The van der Waals surface area contributed by atoms with Gasteiger partial charge in [-0.15, -0.1) is 0 Å². The van der Waals surface area contributed by atoms with E-state index in [1.54, 1.807) is 0 Å². The van der Waals surface area contributed by atoms with Gasteiger partial charge in [-0.05, 0) is 35.1 Å². The monoisotopic (exact) mass is 466 g/mol. The van der Waals surface area contributed by atoms with Crippen molar-refractivity contribution in [1.82, 2.24) is 10.6 Å². The van der Waals surface area contributed by atoms with Crippen LogP contribution in [-0.2, 0) is 19.1 Å². The Kier molecular flexibility index (Phi) is 7.47. The molecular formula is C26H30N2O6. The summed E-state index contributed by atoms with van der Waals surface area (Å²) in [6.07, 6.45) is 0.169. The third kappa shape index (κ3) is 5.07. The molecule has 1 fully saturated rings. The van der Waals surface area contributed by atoms with Crippen molar-refractivity contribution in [3.05, 3.63) is 59.7 Å². The van der Waals surface area contributed by atoms with Crippen LogP contribution in [0.2, 0.25) is 0 Å². The normalized spacial score (nSPS) is 19.7. The summed E-state index contributed by atoms with van der Waals surface area (Å²) < 4.78 is 11.1. The molecule has 0 radical (unpaired) electrons. The molecule has 0 aromatic heterocycles. The molecule has 8 nitrogen and oxygen atoms in total. The molecule has 3 unspecified atom stereocenters. The Morgan fingerprint density at radius 3 is 2.35 bits per heavy atom. The van der Waals surface area contributed by atoms with Crippen LogP contribution >= 0.6 is 0 Å². The zero-order valence-electron chi connectivity index (χ0n) is 19.2. The van der Waals surface area contributed by atoms with Gasteiger partial charge in [0.05, 0.1) is 12.0 Å². The van der Waals surface area contributed by atoms with E-state index in [0.29, 0.717) is 25.9 Å². The molecule has 1 saturated heterocycles. The molecule has 34 heavy (non-hydrogen) atoms. The first-order valence-electron chi connectivity index (χ1n) is 11.7. The number of alkyl carbamates (subject to hydrolysis) is 1. The molecule has 0 spiro atoms. The summed E-state index contributed by atoms with van der Waals surface area (Å²) >= 11 is 0. The van der Waals surface area contributed by atoms with Gasteiger partial charge in [-0.1, -0.05) is 61.9 Å². The second-order valence-electron chi connectivity index (χ2n) is 8.73. The minimum atomic E-state index is -0.942. The van der Waals surface area contributed by atoms with Gasteiger partial charge < -0.3 is 25.2 Å². The smallest absolute Gasteiger partial charge is 0.407 e. The summed E-state index contributed by atoms with van der Waals surface area (Å²) in [5.74, 6) is -2.07. The Balaban J connectivity index is 1.32. The number of aliphatic carboxylic acids is 1. The van der Waals surface area contributed by atoms with Crippen molar-refractivity contribution in [3.8, 4) is 11.1 Å². The Bertz CT molecular complexity index is 1010. The van der Waals surface area contributed by atoms with E-state index in [0.717, 1.165) is 22.3 Å². The number of amides is 2. The van der Waals surface area contributed by atoms with Crippen LogP contribution in [0.3, 0.4) is 0 Å². The number of hydrogen-bond acceptors (Lipinski definition) is 5. The zero-order chi connectivity index (χ0) is 24.1. The van der Waals surface area contributed by atoms with Gasteiger partial charge in [0, 0.05) is 19.1 Å². The highest BCUT2D eigenvalue weighted by atomic mass is 16.6. The lowest BCUT2D eigenvalue weighted by Crippen LogP contribution is -2.49. The van der Waals surface area contributed by atoms with Crippen LogP contribution in [0.5, 0.6) is 0 Å². The van der Waals surface area contributed by atoms with Gasteiger partial charge in [-0.25, -0.2) is 4.79 Å². The number of carboxylic acids is 1. The van der Waals surface area contributed by atoms with E-state index >= 15 is 0 Å². The molecular weight excluding hydrogens is 436 g/mol. The number of nitrogens with one attached hydrogen (secondary N) is 2. The minimum Gasteiger partial charge on any atom is -0.481 e. The number of carbonyl (C=O) groups excluding carboxylic acids is 2. The summed E-state index contributed by atoms with van der Waals surface area (Å²) in [6.45, 7) is 2.43. The van der Waals surface area contributed by atoms with E-state index in [4.69, 9.17) is 9.47 Å². The summed E-state index contributed by atoms with van der Waals surface area (Å²) in [6, 6.07) is 15.7. The molecule has 180 valence electrons. The molecule has 0 bridgehead atoms. The lowest BCUT2D eigenvalue weighted by Gasteiger charge is -2.21. The fourth-order valence-corrected chi connectivity index (χ4v) is 4.77. The van der Waals surface area contributed by atoms with Gasteiger partial charge in [0.2, 0.25) is 0 Å². The van der Waals surface area contributed by atoms with Crippen molar-refractivity contribution in [2.45, 2.75) is 44.2 Å². The Labute approximate surface area is 198 Å². The molecule has 0 saturated carbocycles. The van der Waals surface area contributed by atoms with Gasteiger partial charge in [-0.3, -0.25) is 9.59 Å². The maximum atomic E-state index is 12.6. The van der Waals surface area contributed by atoms with Gasteiger partial charge in [0.15, 0.2) is 6.10 Å². The number of carbonyl (C=O) groups is 3. The molecule has 1 heterocycles. The van der Waals surface area contributed by atoms with Gasteiger partial charge in [0.1, 0.15) is 6.61 Å². The van der Waals surface area contributed by atoms with E-state index in [1.165, 1.54) is 0 Å². The second-order valence-corrected chi connectivity index (χ2v) is 8.73. The SMILES string of the molecule is CCCC(CNC(=O)C1OCCC1NC(=O)OCC1c2ccccc2-c2ccccc21)C(=O)O. The van der Waals surface area contributed by atoms with Crippen molar-refractivity contribution < 1.29 is 29.0 Å². The predicted octanol–water partition coefficient (Wildman–Crippen LogP) is 3.30. The average Bonchev–Trinajstić information content (AvgIpc) is 3.42. The van der Waals surface area contributed by atoms with Crippen LogP contribution in [0.4, 0.5) is 4.79 Å². The van der Waals surface area contributed by atoms with Gasteiger partial charge >= 0.3 is 12.1 Å². The highest BCUT2D eigenvalue weighted by Gasteiger charge is 2.36. The predicted molar refractivity (Wildman–Crippen MR) is 125 cm³/mol. The molecule has 1 aliphatic carbocycles. The van der Waals surface area contributed by atoms with Crippen LogP contribution < -0.4 is 10.6 Å². The third-order valence-corrected chi connectivity index (χ3v) is 6.51. The van der Waals surface area contributed by atoms with Crippen LogP contribution in [0, 0.1) is 5.92 Å². The quantitative estimate of drug-likeness (QED) is 0.523. The van der Waals surface area contributed by atoms with Crippen LogP contribution in [0.1, 0.15) is 43.2 Å². The van der Waals surface area contributed by atoms with Crippen molar-refractivity contribution in [3.63, 3.8) is 0 Å². The number of ether oxygens (including phenoxy) is 2. The standard InChI is InChI=1S/C26H30N2O6/c1-2-7-16(25(30)31)14-27-24(29)23-22(12-13-33-23)28-26(32)34-15-21-19-10-5-3-8-17(19)18-9-4-6-11-20(18)21/h3-6,8-11,16,21-23H,2,7,12-15H2,1H3,(H,27,29)(H,28,32)(H,30,31). The summed E-state index contributed by atoms with van der Waals surface area (Å²) in [7, 11) is 0. The van der Waals surface area contributed by atoms with E-state index in [-0.39, 0.29) is 19.1 Å². The topological polar surface area (TPSA) is 114 Å². The number of hydrogen-bond donors (Lipinski definition) is 3. The Hall–Kier alpha value is -3.39. The summed E-state index contributed by atoms with van der Waals surface area (Å²) in [5, 5.41) is 14.7. The molecule has 4 rings (SSSR count). The fraction of sp³-hybridized carbons (Fsp3) is 0.423. The number of carboxylic acid groups (broad SMARTS) is 1. The van der Waals surface area contributed by atoms with E-state index < -0.39 is 36.0 Å². The first-order chi connectivity index (χ1) is 16.5. The molecule has 2 amide bonds. The molecule has 3 atom stereocenters. The Morgan fingerprint density at radius 2 is 1.74 bits per heavy atom.